The van der Waals surface area contributed by atoms with Crippen molar-refractivity contribution < 1.29 is 4.79 Å². The predicted octanol–water partition coefficient (Wildman–Crippen LogP) is 3.66. The molecule has 3 rings (SSSR count). The van der Waals surface area contributed by atoms with Crippen LogP contribution >= 0.6 is 0 Å². The number of amides is 1. The van der Waals surface area contributed by atoms with Crippen molar-refractivity contribution in [3.8, 4) is 0 Å². The molecule has 2 heterocycles. The first-order chi connectivity index (χ1) is 12.7. The number of carbonyl (C=O) groups is 1. The molecule has 0 aliphatic carbocycles. The topological polar surface area (TPSA) is 61.0 Å². The summed E-state index contributed by atoms with van der Waals surface area (Å²) in [5.41, 5.74) is 3.31. The number of anilines is 1. The van der Waals surface area contributed by atoms with E-state index >= 15 is 0 Å². The Morgan fingerprint density at radius 1 is 1.15 bits per heavy atom. The Kier molecular flexibility index (Phi) is 5.89. The first kappa shape index (κ1) is 18.0. The van der Waals surface area contributed by atoms with Crippen molar-refractivity contribution in [2.45, 2.75) is 33.2 Å². The second kappa shape index (κ2) is 8.52. The van der Waals surface area contributed by atoms with Gasteiger partial charge in [-0.2, -0.15) is 0 Å². The van der Waals surface area contributed by atoms with Gasteiger partial charge in [-0.3, -0.25) is 4.79 Å². The SMILES string of the molecule is CCN(CC)c1ccc(CNC(=O)CCc2c[nH]c3ccccc23)cn1. The zero-order valence-corrected chi connectivity index (χ0v) is 15.5. The van der Waals surface area contributed by atoms with E-state index < -0.39 is 0 Å². The number of rotatable bonds is 8. The Labute approximate surface area is 154 Å². The Morgan fingerprint density at radius 3 is 2.69 bits per heavy atom. The number of aromatic amines is 1. The molecule has 136 valence electrons. The molecule has 0 atom stereocenters. The normalized spacial score (nSPS) is 10.8. The number of nitrogens with zero attached hydrogens (tertiary/aromatic N) is 2. The molecule has 0 radical (unpaired) electrons. The standard InChI is InChI=1S/C21H26N4O/c1-3-25(4-2)20-11-9-16(13-23-20)14-24-21(26)12-10-17-15-22-19-8-6-5-7-18(17)19/h5-9,11,13,15,22H,3-4,10,12,14H2,1-2H3,(H,24,26). The predicted molar refractivity (Wildman–Crippen MR) is 106 cm³/mol. The maximum atomic E-state index is 12.2. The number of benzene rings is 1. The third-order valence-corrected chi connectivity index (χ3v) is 4.68. The van der Waals surface area contributed by atoms with Gasteiger partial charge >= 0.3 is 0 Å². The summed E-state index contributed by atoms with van der Waals surface area (Å²) < 4.78 is 0. The van der Waals surface area contributed by atoms with Gasteiger partial charge < -0.3 is 15.2 Å². The summed E-state index contributed by atoms with van der Waals surface area (Å²) in [4.78, 5) is 22.1. The van der Waals surface area contributed by atoms with Crippen LogP contribution in [0.3, 0.4) is 0 Å². The molecular weight excluding hydrogens is 324 g/mol. The van der Waals surface area contributed by atoms with E-state index in [1.165, 1.54) is 10.9 Å². The lowest BCUT2D eigenvalue weighted by Crippen LogP contribution is -2.24. The monoisotopic (exact) mass is 350 g/mol. The van der Waals surface area contributed by atoms with Crippen LogP contribution < -0.4 is 10.2 Å². The molecule has 0 bridgehead atoms. The van der Waals surface area contributed by atoms with Crippen LogP contribution in [0, 0.1) is 0 Å². The van der Waals surface area contributed by atoms with Gasteiger partial charge in [0.2, 0.25) is 5.91 Å². The Morgan fingerprint density at radius 2 is 1.96 bits per heavy atom. The molecule has 26 heavy (non-hydrogen) atoms. The molecule has 2 aromatic heterocycles. The van der Waals surface area contributed by atoms with E-state index in [2.05, 4.69) is 40.1 Å². The summed E-state index contributed by atoms with van der Waals surface area (Å²) in [7, 11) is 0. The summed E-state index contributed by atoms with van der Waals surface area (Å²) in [6.07, 6.45) is 5.04. The number of H-pyrrole nitrogens is 1. The number of fused-ring (bicyclic) bond motifs is 1. The summed E-state index contributed by atoms with van der Waals surface area (Å²) in [5.74, 6) is 1.03. The third-order valence-electron chi connectivity index (χ3n) is 4.68. The van der Waals surface area contributed by atoms with Gasteiger partial charge in [0.15, 0.2) is 0 Å². The van der Waals surface area contributed by atoms with Crippen molar-refractivity contribution in [1.82, 2.24) is 15.3 Å². The second-order valence-electron chi connectivity index (χ2n) is 6.33. The fraction of sp³-hybridized carbons (Fsp3) is 0.333. The van der Waals surface area contributed by atoms with E-state index in [1.54, 1.807) is 0 Å². The van der Waals surface area contributed by atoms with Crippen LogP contribution in [0.4, 0.5) is 5.82 Å². The molecule has 0 saturated carbocycles. The molecule has 0 aliphatic heterocycles. The van der Waals surface area contributed by atoms with Gasteiger partial charge in [0, 0.05) is 49.4 Å². The van der Waals surface area contributed by atoms with E-state index in [1.807, 2.05) is 42.7 Å². The molecule has 0 spiro atoms. The highest BCUT2D eigenvalue weighted by Gasteiger charge is 2.07. The minimum absolute atomic E-state index is 0.0584. The molecule has 0 unspecified atom stereocenters. The van der Waals surface area contributed by atoms with Crippen LogP contribution in [0.15, 0.2) is 48.8 Å². The first-order valence-corrected chi connectivity index (χ1v) is 9.22. The molecule has 1 amide bonds. The zero-order valence-electron chi connectivity index (χ0n) is 15.5. The van der Waals surface area contributed by atoms with Crippen LogP contribution in [0.5, 0.6) is 0 Å². The van der Waals surface area contributed by atoms with Crippen molar-refractivity contribution in [3.05, 3.63) is 59.9 Å². The number of aromatic nitrogens is 2. The maximum Gasteiger partial charge on any atom is 0.220 e. The Balaban J connectivity index is 1.49. The summed E-state index contributed by atoms with van der Waals surface area (Å²) in [5, 5.41) is 4.17. The molecule has 0 aliphatic rings. The Hall–Kier alpha value is -2.82. The van der Waals surface area contributed by atoms with Crippen molar-refractivity contribution in [1.29, 1.82) is 0 Å². The van der Waals surface area contributed by atoms with Crippen LogP contribution in [-0.2, 0) is 17.8 Å². The quantitative estimate of drug-likeness (QED) is 0.652. The highest BCUT2D eigenvalue weighted by Crippen LogP contribution is 2.19. The fourth-order valence-corrected chi connectivity index (χ4v) is 3.13. The average molecular weight is 350 g/mol. The van der Waals surface area contributed by atoms with Gasteiger partial charge in [-0.05, 0) is 43.5 Å². The second-order valence-corrected chi connectivity index (χ2v) is 6.33. The van der Waals surface area contributed by atoms with Crippen molar-refractivity contribution in [2.75, 3.05) is 18.0 Å². The molecule has 0 saturated heterocycles. The van der Waals surface area contributed by atoms with Crippen LogP contribution in [0.2, 0.25) is 0 Å². The summed E-state index contributed by atoms with van der Waals surface area (Å²) >= 11 is 0. The first-order valence-electron chi connectivity index (χ1n) is 9.22. The highest BCUT2D eigenvalue weighted by atomic mass is 16.1. The van der Waals surface area contributed by atoms with E-state index in [9.17, 15) is 4.79 Å². The Bertz CT molecular complexity index is 850. The molecular formula is C21H26N4O. The molecule has 2 N–H and O–H groups in total. The smallest absolute Gasteiger partial charge is 0.220 e. The number of hydrogen-bond acceptors (Lipinski definition) is 3. The lowest BCUT2D eigenvalue weighted by Gasteiger charge is -2.19. The minimum atomic E-state index is 0.0584. The largest absolute Gasteiger partial charge is 0.361 e. The molecule has 1 aromatic carbocycles. The maximum absolute atomic E-state index is 12.2. The molecule has 5 nitrogen and oxygen atoms in total. The number of para-hydroxylation sites is 1. The molecule has 5 heteroatoms. The van der Waals surface area contributed by atoms with Crippen molar-refractivity contribution in [3.63, 3.8) is 0 Å². The van der Waals surface area contributed by atoms with Crippen molar-refractivity contribution >= 4 is 22.6 Å². The summed E-state index contributed by atoms with van der Waals surface area (Å²) in [6.45, 7) is 6.62. The van der Waals surface area contributed by atoms with Gasteiger partial charge in [-0.25, -0.2) is 4.98 Å². The number of pyridine rings is 1. The lowest BCUT2D eigenvalue weighted by atomic mass is 10.1. The molecule has 3 aromatic rings. The van der Waals surface area contributed by atoms with E-state index in [0.29, 0.717) is 13.0 Å². The van der Waals surface area contributed by atoms with Crippen molar-refractivity contribution in [2.24, 2.45) is 0 Å². The van der Waals surface area contributed by atoms with Gasteiger partial charge in [0.1, 0.15) is 5.82 Å². The van der Waals surface area contributed by atoms with Gasteiger partial charge in [-0.15, -0.1) is 0 Å². The van der Waals surface area contributed by atoms with Crippen LogP contribution in [0.25, 0.3) is 10.9 Å². The molecule has 0 fully saturated rings. The van der Waals surface area contributed by atoms with E-state index in [-0.39, 0.29) is 5.91 Å². The lowest BCUT2D eigenvalue weighted by molar-refractivity contribution is -0.121. The van der Waals surface area contributed by atoms with Gasteiger partial charge in [-0.1, -0.05) is 24.3 Å². The van der Waals surface area contributed by atoms with Gasteiger partial charge in [0.05, 0.1) is 0 Å². The minimum Gasteiger partial charge on any atom is -0.361 e. The highest BCUT2D eigenvalue weighted by molar-refractivity contribution is 5.84. The van der Waals surface area contributed by atoms with Crippen LogP contribution in [-0.4, -0.2) is 29.0 Å². The number of carbonyl (C=O) groups excluding carboxylic acids is 1. The number of aryl methyl sites for hydroxylation is 1. The fourth-order valence-electron chi connectivity index (χ4n) is 3.13. The summed E-state index contributed by atoms with van der Waals surface area (Å²) in [6, 6.07) is 12.2. The van der Waals surface area contributed by atoms with E-state index in [4.69, 9.17) is 0 Å². The van der Waals surface area contributed by atoms with E-state index in [0.717, 1.165) is 36.4 Å². The van der Waals surface area contributed by atoms with Crippen LogP contribution in [0.1, 0.15) is 31.4 Å². The number of nitrogens with one attached hydrogen (secondary N) is 2. The zero-order chi connectivity index (χ0) is 18.4. The average Bonchev–Trinajstić information content (AvgIpc) is 3.10. The third kappa shape index (κ3) is 4.23. The van der Waals surface area contributed by atoms with Gasteiger partial charge in [0.25, 0.3) is 0 Å². The number of hydrogen-bond donors (Lipinski definition) is 2.